The molecule has 1 aliphatic heterocycles. The third-order valence-corrected chi connectivity index (χ3v) is 9.68. The minimum atomic E-state index is -3.84. The van der Waals surface area contributed by atoms with Gasteiger partial charge in [0.1, 0.15) is 0 Å². The van der Waals surface area contributed by atoms with E-state index in [0.29, 0.717) is 5.69 Å². The number of hydrogen-bond acceptors (Lipinski definition) is 6. The van der Waals surface area contributed by atoms with E-state index in [0.717, 1.165) is 22.3 Å². The van der Waals surface area contributed by atoms with Gasteiger partial charge >= 0.3 is 0 Å². The van der Waals surface area contributed by atoms with E-state index in [2.05, 4.69) is 34.0 Å². The zero-order valence-corrected chi connectivity index (χ0v) is 20.4. The number of benzene rings is 3. The first-order valence-electron chi connectivity index (χ1n) is 11.5. The van der Waals surface area contributed by atoms with Crippen LogP contribution < -0.4 is 9.62 Å². The second kappa shape index (κ2) is 7.59. The molecule has 3 aliphatic carbocycles. The quantitative estimate of drug-likeness (QED) is 0.410. The smallest absolute Gasteiger partial charge is 0.263 e. The van der Waals surface area contributed by atoms with Crippen molar-refractivity contribution in [3.8, 4) is 0 Å². The number of sulfonamides is 1. The van der Waals surface area contributed by atoms with Gasteiger partial charge in [0, 0.05) is 23.4 Å². The van der Waals surface area contributed by atoms with Gasteiger partial charge in [0.15, 0.2) is 5.13 Å². The van der Waals surface area contributed by atoms with Crippen LogP contribution >= 0.6 is 11.3 Å². The number of thiazole rings is 1. The maximum absolute atomic E-state index is 13.8. The van der Waals surface area contributed by atoms with Crippen molar-refractivity contribution >= 4 is 44.0 Å². The van der Waals surface area contributed by atoms with E-state index in [9.17, 15) is 18.0 Å². The highest BCUT2D eigenvalue weighted by Gasteiger charge is 2.61. The van der Waals surface area contributed by atoms with Crippen LogP contribution in [0.4, 0.5) is 10.8 Å². The lowest BCUT2D eigenvalue weighted by molar-refractivity contribution is -0.122. The highest BCUT2D eigenvalue weighted by Crippen LogP contribution is 2.61. The molecule has 36 heavy (non-hydrogen) atoms. The van der Waals surface area contributed by atoms with Crippen LogP contribution in [0.1, 0.15) is 34.1 Å². The minimum absolute atomic E-state index is 0.0258. The number of imide groups is 1. The predicted octanol–water partition coefficient (Wildman–Crippen LogP) is 4.34. The first-order chi connectivity index (χ1) is 17.5. The number of hydrogen-bond donors (Lipinski definition) is 1. The zero-order chi connectivity index (χ0) is 24.6. The summed E-state index contributed by atoms with van der Waals surface area (Å²) in [6.07, 6.45) is 1.51. The van der Waals surface area contributed by atoms with E-state index in [1.807, 2.05) is 24.3 Å². The molecule has 2 atom stereocenters. The van der Waals surface area contributed by atoms with Crippen LogP contribution in [-0.4, -0.2) is 25.2 Å². The maximum Gasteiger partial charge on any atom is 0.263 e. The van der Waals surface area contributed by atoms with Crippen LogP contribution in [0.5, 0.6) is 0 Å². The summed E-state index contributed by atoms with van der Waals surface area (Å²) in [4.78, 5) is 32.9. The van der Waals surface area contributed by atoms with Crippen LogP contribution in [-0.2, 0) is 19.6 Å². The fourth-order valence-electron chi connectivity index (χ4n) is 6.15. The van der Waals surface area contributed by atoms with Gasteiger partial charge in [0.25, 0.3) is 10.0 Å². The molecule has 4 aromatic rings. The maximum atomic E-state index is 13.8. The Kier molecular flexibility index (Phi) is 4.52. The average Bonchev–Trinajstić information content (AvgIpc) is 3.49. The molecule has 2 bridgehead atoms. The number of carbonyl (C=O) groups excluding carboxylic acids is 2. The molecule has 1 unspecified atom stereocenters. The molecule has 0 saturated carbocycles. The number of anilines is 2. The standard InChI is InChI=1S/C27H19N3O4S2/c31-25-23-21-17-5-1-2-6-18(17)22(20-8-4-3-7-19(20)21)24(23)26(32)30(25)15-9-11-16(12-10-15)36(33,34)29-27-28-13-14-35-27/h1-14,21-24H,(H,28,29)/t21?,22?,23-,24?/m0/s1. The summed E-state index contributed by atoms with van der Waals surface area (Å²) < 4.78 is 27.9. The minimum Gasteiger partial charge on any atom is -0.274 e. The normalized spacial score (nSPS) is 23.8. The topological polar surface area (TPSA) is 96.4 Å². The molecular formula is C27H19N3O4S2. The summed E-state index contributed by atoms with van der Waals surface area (Å²) in [7, 11) is -3.84. The van der Waals surface area contributed by atoms with E-state index >= 15 is 0 Å². The molecule has 9 heteroatoms. The summed E-state index contributed by atoms with van der Waals surface area (Å²) >= 11 is 1.18. The molecule has 2 amide bonds. The first kappa shape index (κ1) is 21.5. The molecule has 8 rings (SSSR count). The summed E-state index contributed by atoms with van der Waals surface area (Å²) in [6.45, 7) is 0. The summed E-state index contributed by atoms with van der Waals surface area (Å²) in [6, 6.07) is 22.0. The van der Waals surface area contributed by atoms with E-state index in [1.54, 1.807) is 5.38 Å². The zero-order valence-electron chi connectivity index (χ0n) is 18.7. The molecule has 7 nitrogen and oxygen atoms in total. The second-order valence-corrected chi connectivity index (χ2v) is 11.8. The van der Waals surface area contributed by atoms with Crippen molar-refractivity contribution in [1.82, 2.24) is 4.98 Å². The molecule has 4 aliphatic rings. The van der Waals surface area contributed by atoms with Crippen molar-refractivity contribution in [1.29, 1.82) is 0 Å². The van der Waals surface area contributed by atoms with Gasteiger partial charge in [-0.15, -0.1) is 11.3 Å². The van der Waals surface area contributed by atoms with Crippen molar-refractivity contribution in [3.05, 3.63) is 107 Å². The van der Waals surface area contributed by atoms with Crippen LogP contribution in [0.2, 0.25) is 0 Å². The number of rotatable bonds is 4. The molecule has 178 valence electrons. The van der Waals surface area contributed by atoms with E-state index in [4.69, 9.17) is 0 Å². The third kappa shape index (κ3) is 2.90. The lowest BCUT2D eigenvalue weighted by Crippen LogP contribution is -2.41. The van der Waals surface area contributed by atoms with Gasteiger partial charge in [-0.25, -0.2) is 18.3 Å². The Balaban J connectivity index is 1.27. The molecule has 0 radical (unpaired) electrons. The lowest BCUT2D eigenvalue weighted by Gasteiger charge is -2.45. The van der Waals surface area contributed by atoms with Crippen LogP contribution in [0.3, 0.4) is 0 Å². The Labute approximate surface area is 211 Å². The van der Waals surface area contributed by atoms with Crippen LogP contribution in [0.15, 0.2) is 89.3 Å². The summed E-state index contributed by atoms with van der Waals surface area (Å²) in [5.41, 5.74) is 4.82. The molecule has 0 spiro atoms. The van der Waals surface area contributed by atoms with Gasteiger partial charge in [0.2, 0.25) is 11.8 Å². The van der Waals surface area contributed by atoms with Crippen molar-refractivity contribution in [2.24, 2.45) is 11.8 Å². The Hall–Kier alpha value is -3.82. The fourth-order valence-corrected chi connectivity index (χ4v) is 7.94. The second-order valence-electron chi connectivity index (χ2n) is 9.21. The number of amides is 2. The van der Waals surface area contributed by atoms with Crippen molar-refractivity contribution in [2.45, 2.75) is 16.7 Å². The van der Waals surface area contributed by atoms with Gasteiger partial charge in [0.05, 0.1) is 22.4 Å². The number of carbonyl (C=O) groups is 2. The monoisotopic (exact) mass is 513 g/mol. The van der Waals surface area contributed by atoms with Crippen molar-refractivity contribution in [2.75, 3.05) is 9.62 Å². The average molecular weight is 514 g/mol. The van der Waals surface area contributed by atoms with Gasteiger partial charge in [-0.05, 0) is 46.5 Å². The molecule has 3 aromatic carbocycles. The fraction of sp³-hybridized carbons (Fsp3) is 0.148. The molecule has 1 fully saturated rings. The highest BCUT2D eigenvalue weighted by atomic mass is 32.2. The Morgan fingerprint density at radius 3 is 1.69 bits per heavy atom. The number of aromatic nitrogens is 1. The third-order valence-electron chi connectivity index (χ3n) is 7.51. The van der Waals surface area contributed by atoms with Crippen molar-refractivity contribution < 1.29 is 18.0 Å². The van der Waals surface area contributed by atoms with Gasteiger partial charge in [-0.3, -0.25) is 14.3 Å². The molecular weight excluding hydrogens is 494 g/mol. The van der Waals surface area contributed by atoms with Crippen molar-refractivity contribution in [3.63, 3.8) is 0 Å². The predicted molar refractivity (Wildman–Crippen MR) is 135 cm³/mol. The largest absolute Gasteiger partial charge is 0.274 e. The first-order valence-corrected chi connectivity index (χ1v) is 13.9. The van der Waals surface area contributed by atoms with Gasteiger partial charge in [-0.2, -0.15) is 0 Å². The van der Waals surface area contributed by atoms with E-state index in [1.165, 1.54) is 46.7 Å². The Morgan fingerprint density at radius 2 is 1.25 bits per heavy atom. The van der Waals surface area contributed by atoms with E-state index < -0.39 is 21.9 Å². The summed E-state index contributed by atoms with van der Waals surface area (Å²) in [5.74, 6) is -1.81. The Bertz CT molecular complexity index is 1530. The SMILES string of the molecule is O=C1C2C3c4ccccc4C(c4ccccc43)[C@@H]2C(=O)N1c1ccc(S(=O)(=O)Nc2nccs2)cc1. The molecule has 1 aromatic heterocycles. The number of nitrogens with zero attached hydrogens (tertiary/aromatic N) is 2. The molecule has 1 N–H and O–H groups in total. The number of nitrogens with one attached hydrogen (secondary N) is 1. The van der Waals surface area contributed by atoms with Crippen LogP contribution in [0, 0.1) is 11.8 Å². The molecule has 1 saturated heterocycles. The summed E-state index contributed by atoms with van der Waals surface area (Å²) in [5, 5.41) is 1.94. The highest BCUT2D eigenvalue weighted by molar-refractivity contribution is 7.93. The Morgan fingerprint density at radius 1 is 0.750 bits per heavy atom. The van der Waals surface area contributed by atoms with Gasteiger partial charge < -0.3 is 0 Å². The lowest BCUT2D eigenvalue weighted by atomic mass is 9.55. The van der Waals surface area contributed by atoms with Gasteiger partial charge in [-0.1, -0.05) is 48.5 Å². The molecule has 2 heterocycles. The van der Waals surface area contributed by atoms with Crippen LogP contribution in [0.25, 0.3) is 0 Å². The van der Waals surface area contributed by atoms with E-state index in [-0.39, 0.29) is 33.7 Å².